The number of nitrogens with zero attached hydrogens (tertiary/aromatic N) is 3. The minimum atomic E-state index is -3.51. The molecule has 2 rings (SSSR count). The number of nitrogens with two attached hydrogens (primary N) is 1. The van der Waals surface area contributed by atoms with Gasteiger partial charge in [-0.15, -0.1) is 0 Å². The molecule has 0 atom stereocenters. The van der Waals surface area contributed by atoms with E-state index in [1.165, 1.54) is 10.5 Å². The molecule has 0 aliphatic carbocycles. The van der Waals surface area contributed by atoms with Crippen molar-refractivity contribution >= 4 is 21.5 Å². The highest BCUT2D eigenvalue weighted by Gasteiger charge is 2.07. The summed E-state index contributed by atoms with van der Waals surface area (Å²) >= 11 is 0. The Balaban J connectivity index is 2.23. The standard InChI is InChI=1S/C8H12N6O3S/c1-5-11-6(10-2-3-18(9,16)17)4-7-12-13-8(15)14(5)7/h4,10H,2-3H2,1H3,(H,13,15)(H2,9,16,17). The fourth-order valence-corrected chi connectivity index (χ4v) is 1.90. The zero-order valence-corrected chi connectivity index (χ0v) is 10.4. The Morgan fingerprint density at radius 2 is 2.28 bits per heavy atom. The molecule has 0 aliphatic heterocycles. The maximum atomic E-state index is 11.3. The quantitative estimate of drug-likeness (QED) is 0.615. The first kappa shape index (κ1) is 12.5. The lowest BCUT2D eigenvalue weighted by atomic mass is 10.5. The summed E-state index contributed by atoms with van der Waals surface area (Å²) in [5.74, 6) is 0.679. The third-order valence-electron chi connectivity index (χ3n) is 2.26. The van der Waals surface area contributed by atoms with Gasteiger partial charge in [0.1, 0.15) is 11.6 Å². The molecule has 0 aromatic carbocycles. The summed E-state index contributed by atoms with van der Waals surface area (Å²) in [6.45, 7) is 1.78. The number of nitrogens with one attached hydrogen (secondary N) is 2. The normalized spacial score (nSPS) is 11.9. The molecule has 0 unspecified atom stereocenters. The van der Waals surface area contributed by atoms with Gasteiger partial charge >= 0.3 is 5.69 Å². The zero-order valence-electron chi connectivity index (χ0n) is 9.54. The SMILES string of the molecule is Cc1nc(NCCS(N)(=O)=O)cc2n[nH]c(=O)n12. The van der Waals surface area contributed by atoms with Gasteiger partial charge in [-0.1, -0.05) is 0 Å². The molecule has 0 radical (unpaired) electrons. The van der Waals surface area contributed by atoms with Crippen molar-refractivity contribution in [3.8, 4) is 0 Å². The van der Waals surface area contributed by atoms with Crippen LogP contribution in [0.2, 0.25) is 0 Å². The second-order valence-electron chi connectivity index (χ2n) is 3.70. The van der Waals surface area contributed by atoms with Crippen LogP contribution >= 0.6 is 0 Å². The Morgan fingerprint density at radius 1 is 1.56 bits per heavy atom. The molecule has 0 aliphatic rings. The van der Waals surface area contributed by atoms with Crippen LogP contribution in [0.4, 0.5) is 5.82 Å². The van der Waals surface area contributed by atoms with Gasteiger partial charge in [-0.25, -0.2) is 32.8 Å². The second-order valence-corrected chi connectivity index (χ2v) is 5.44. The highest BCUT2D eigenvalue weighted by atomic mass is 32.2. The molecule has 2 heterocycles. The average Bonchev–Trinajstić information content (AvgIpc) is 2.58. The molecule has 98 valence electrons. The van der Waals surface area contributed by atoms with Gasteiger partial charge in [-0.2, -0.15) is 5.10 Å². The van der Waals surface area contributed by atoms with E-state index in [0.29, 0.717) is 17.3 Å². The third-order valence-corrected chi connectivity index (χ3v) is 3.04. The predicted molar refractivity (Wildman–Crippen MR) is 64.8 cm³/mol. The van der Waals surface area contributed by atoms with Gasteiger partial charge in [0, 0.05) is 12.6 Å². The Kier molecular flexibility index (Phi) is 3.05. The molecule has 0 amide bonds. The third kappa shape index (κ3) is 2.65. The first-order valence-electron chi connectivity index (χ1n) is 5.06. The molecular weight excluding hydrogens is 260 g/mol. The summed E-state index contributed by atoms with van der Waals surface area (Å²) < 4.78 is 22.8. The van der Waals surface area contributed by atoms with E-state index in [1.54, 1.807) is 6.92 Å². The van der Waals surface area contributed by atoms with E-state index < -0.39 is 10.0 Å². The van der Waals surface area contributed by atoms with E-state index >= 15 is 0 Å². The number of aromatic nitrogens is 4. The summed E-state index contributed by atoms with van der Waals surface area (Å²) in [6.07, 6.45) is 0. The largest absolute Gasteiger partial charge is 0.369 e. The number of fused-ring (bicyclic) bond motifs is 1. The van der Waals surface area contributed by atoms with Crippen LogP contribution in [0.3, 0.4) is 0 Å². The van der Waals surface area contributed by atoms with Crippen LogP contribution in [0.25, 0.3) is 5.65 Å². The van der Waals surface area contributed by atoms with Gasteiger partial charge in [0.25, 0.3) is 0 Å². The number of sulfonamides is 1. The van der Waals surface area contributed by atoms with Gasteiger partial charge in [0.15, 0.2) is 5.65 Å². The average molecular weight is 272 g/mol. The molecule has 4 N–H and O–H groups in total. The van der Waals surface area contributed by atoms with Crippen molar-refractivity contribution in [3.05, 3.63) is 22.4 Å². The van der Waals surface area contributed by atoms with Crippen LogP contribution in [0, 0.1) is 6.92 Å². The molecule has 0 fully saturated rings. The maximum absolute atomic E-state index is 11.3. The molecular formula is C8H12N6O3S. The number of aromatic amines is 1. The molecule has 2 aromatic rings. The van der Waals surface area contributed by atoms with Crippen molar-refractivity contribution in [2.45, 2.75) is 6.92 Å². The zero-order chi connectivity index (χ0) is 13.3. The van der Waals surface area contributed by atoms with E-state index in [0.717, 1.165) is 0 Å². The van der Waals surface area contributed by atoms with E-state index in [9.17, 15) is 13.2 Å². The molecule has 2 aromatic heterocycles. The topological polar surface area (TPSA) is 135 Å². The number of anilines is 1. The number of primary sulfonamides is 1. The first-order chi connectivity index (χ1) is 8.37. The highest BCUT2D eigenvalue weighted by molar-refractivity contribution is 7.89. The lowest BCUT2D eigenvalue weighted by Gasteiger charge is -2.06. The second kappa shape index (κ2) is 4.38. The van der Waals surface area contributed by atoms with Gasteiger partial charge < -0.3 is 5.32 Å². The Bertz CT molecular complexity index is 731. The summed E-state index contributed by atoms with van der Waals surface area (Å²) in [4.78, 5) is 15.5. The van der Waals surface area contributed by atoms with Crippen molar-refractivity contribution in [2.75, 3.05) is 17.6 Å². The van der Waals surface area contributed by atoms with Crippen molar-refractivity contribution < 1.29 is 8.42 Å². The van der Waals surface area contributed by atoms with Crippen LogP contribution in [0.15, 0.2) is 10.9 Å². The fraction of sp³-hybridized carbons (Fsp3) is 0.375. The Hall–Kier alpha value is -1.94. The summed E-state index contributed by atoms with van der Waals surface area (Å²) in [5, 5.41) is 13.8. The van der Waals surface area contributed by atoms with E-state index in [2.05, 4.69) is 20.5 Å². The lowest BCUT2D eigenvalue weighted by molar-refractivity contribution is 0.598. The Labute approximate surface area is 102 Å². The monoisotopic (exact) mass is 272 g/mol. The number of hydrogen-bond donors (Lipinski definition) is 3. The van der Waals surface area contributed by atoms with E-state index in [1.807, 2.05) is 0 Å². The number of H-pyrrole nitrogens is 1. The number of hydrogen-bond acceptors (Lipinski definition) is 6. The Morgan fingerprint density at radius 3 is 2.94 bits per heavy atom. The van der Waals surface area contributed by atoms with Crippen molar-refractivity contribution in [1.82, 2.24) is 19.6 Å². The van der Waals surface area contributed by atoms with Gasteiger partial charge in [-0.3, -0.25) is 0 Å². The molecule has 10 heteroatoms. The van der Waals surface area contributed by atoms with Crippen molar-refractivity contribution in [1.29, 1.82) is 0 Å². The molecule has 0 spiro atoms. The van der Waals surface area contributed by atoms with Crippen LogP contribution in [-0.2, 0) is 10.0 Å². The number of aryl methyl sites for hydroxylation is 1. The van der Waals surface area contributed by atoms with Crippen LogP contribution in [0.5, 0.6) is 0 Å². The van der Waals surface area contributed by atoms with Crippen LogP contribution < -0.4 is 16.1 Å². The van der Waals surface area contributed by atoms with Gasteiger partial charge in [-0.05, 0) is 6.92 Å². The molecule has 18 heavy (non-hydrogen) atoms. The first-order valence-corrected chi connectivity index (χ1v) is 6.77. The molecule has 0 saturated carbocycles. The number of rotatable bonds is 4. The highest BCUT2D eigenvalue weighted by Crippen LogP contribution is 2.07. The summed E-state index contributed by atoms with van der Waals surface area (Å²) in [5.41, 5.74) is 0.0386. The lowest BCUT2D eigenvalue weighted by Crippen LogP contribution is -2.23. The van der Waals surface area contributed by atoms with Gasteiger partial charge in [0.05, 0.1) is 5.75 Å². The predicted octanol–water partition coefficient (Wildman–Crippen LogP) is -1.57. The molecule has 9 nitrogen and oxygen atoms in total. The van der Waals surface area contributed by atoms with E-state index in [4.69, 9.17) is 5.14 Å². The maximum Gasteiger partial charge on any atom is 0.349 e. The van der Waals surface area contributed by atoms with E-state index in [-0.39, 0.29) is 18.0 Å². The van der Waals surface area contributed by atoms with Gasteiger partial charge in [0.2, 0.25) is 10.0 Å². The summed E-state index contributed by atoms with van der Waals surface area (Å²) in [7, 11) is -3.51. The van der Waals surface area contributed by atoms with Crippen molar-refractivity contribution in [3.63, 3.8) is 0 Å². The van der Waals surface area contributed by atoms with Crippen molar-refractivity contribution in [2.24, 2.45) is 5.14 Å². The summed E-state index contributed by atoms with van der Waals surface area (Å²) in [6, 6.07) is 1.54. The van der Waals surface area contributed by atoms with Crippen LogP contribution in [0.1, 0.15) is 5.82 Å². The minimum absolute atomic E-state index is 0.135. The smallest absolute Gasteiger partial charge is 0.349 e. The molecule has 0 bridgehead atoms. The van der Waals surface area contributed by atoms with Crippen LogP contribution in [-0.4, -0.2) is 40.3 Å². The minimum Gasteiger partial charge on any atom is -0.369 e. The molecule has 0 saturated heterocycles. The fourth-order valence-electron chi connectivity index (χ4n) is 1.51.